The molecule has 1 aromatic heterocycles. The molecule has 1 N–H and O–H groups in total. The van der Waals surface area contributed by atoms with Crippen LogP contribution < -0.4 is 4.90 Å². The molecule has 0 saturated carbocycles. The Kier molecular flexibility index (Phi) is 2.49. The van der Waals surface area contributed by atoms with E-state index in [0.717, 1.165) is 18.8 Å². The summed E-state index contributed by atoms with van der Waals surface area (Å²) in [5.41, 5.74) is 3.13. The van der Waals surface area contributed by atoms with E-state index in [1.54, 1.807) is 12.4 Å². The number of aliphatic hydroxyl groups excluding tert-OH is 1. The third-order valence-corrected chi connectivity index (χ3v) is 3.00. The summed E-state index contributed by atoms with van der Waals surface area (Å²) in [6, 6.07) is 8.31. The van der Waals surface area contributed by atoms with Gasteiger partial charge in [-0.1, -0.05) is 18.2 Å². The van der Waals surface area contributed by atoms with Crippen LogP contribution in [0.3, 0.4) is 0 Å². The van der Waals surface area contributed by atoms with Crippen LogP contribution >= 0.6 is 0 Å². The molecule has 0 saturated heterocycles. The predicted molar refractivity (Wildman–Crippen MR) is 65.1 cm³/mol. The Bertz CT molecular complexity index is 542. The van der Waals surface area contributed by atoms with Crippen molar-refractivity contribution in [2.45, 2.75) is 13.0 Å². The number of hydrogen-bond donors (Lipinski definition) is 1. The van der Waals surface area contributed by atoms with E-state index in [2.05, 4.69) is 33.1 Å². The molecular weight excluding hydrogens is 214 g/mol. The molecular formula is C13H13N3O. The van der Waals surface area contributed by atoms with Crippen LogP contribution in [0.4, 0.5) is 11.5 Å². The molecule has 1 aromatic carbocycles. The van der Waals surface area contributed by atoms with Gasteiger partial charge in [-0.05, 0) is 18.1 Å². The van der Waals surface area contributed by atoms with Crippen LogP contribution in [-0.4, -0.2) is 21.6 Å². The molecule has 0 aliphatic carbocycles. The smallest absolute Gasteiger partial charge is 0.151 e. The highest BCUT2D eigenvalue weighted by Gasteiger charge is 2.20. The van der Waals surface area contributed by atoms with Crippen molar-refractivity contribution in [2.24, 2.45) is 0 Å². The van der Waals surface area contributed by atoms with E-state index >= 15 is 0 Å². The van der Waals surface area contributed by atoms with Gasteiger partial charge in [-0.15, -0.1) is 0 Å². The first-order chi connectivity index (χ1) is 8.38. The molecule has 0 atom stereocenters. The summed E-state index contributed by atoms with van der Waals surface area (Å²) in [6.07, 6.45) is 4.36. The van der Waals surface area contributed by atoms with Crippen molar-refractivity contribution in [3.8, 4) is 0 Å². The van der Waals surface area contributed by atoms with E-state index in [1.807, 2.05) is 6.07 Å². The van der Waals surface area contributed by atoms with Crippen LogP contribution in [0.5, 0.6) is 0 Å². The zero-order valence-corrected chi connectivity index (χ0v) is 9.37. The number of benzene rings is 1. The number of para-hydroxylation sites is 1. The van der Waals surface area contributed by atoms with Crippen molar-refractivity contribution in [3.05, 3.63) is 47.9 Å². The van der Waals surface area contributed by atoms with Gasteiger partial charge in [0.2, 0.25) is 0 Å². The number of nitrogens with zero attached hydrogens (tertiary/aromatic N) is 3. The Balaban J connectivity index is 2.01. The van der Waals surface area contributed by atoms with Crippen molar-refractivity contribution in [3.63, 3.8) is 0 Å². The summed E-state index contributed by atoms with van der Waals surface area (Å²) in [5, 5.41) is 9.08. The van der Waals surface area contributed by atoms with Crippen LogP contribution in [0.15, 0.2) is 36.7 Å². The molecule has 0 bridgehead atoms. The summed E-state index contributed by atoms with van der Waals surface area (Å²) in [7, 11) is 0. The minimum Gasteiger partial charge on any atom is -0.390 e. The summed E-state index contributed by atoms with van der Waals surface area (Å²) >= 11 is 0. The van der Waals surface area contributed by atoms with Crippen LogP contribution in [0.2, 0.25) is 0 Å². The first-order valence-corrected chi connectivity index (χ1v) is 5.66. The number of fused-ring (bicyclic) bond motifs is 1. The van der Waals surface area contributed by atoms with E-state index in [-0.39, 0.29) is 6.61 Å². The Morgan fingerprint density at radius 2 is 2.12 bits per heavy atom. The van der Waals surface area contributed by atoms with Gasteiger partial charge in [0.05, 0.1) is 24.7 Å². The summed E-state index contributed by atoms with van der Waals surface area (Å²) in [5.74, 6) is 0.807. The molecule has 3 rings (SSSR count). The normalized spacial score (nSPS) is 13.8. The molecule has 2 aromatic rings. The number of hydrogen-bond acceptors (Lipinski definition) is 4. The number of rotatable bonds is 2. The fraction of sp³-hybridized carbons (Fsp3) is 0.231. The lowest BCUT2D eigenvalue weighted by Gasteiger charge is -2.18. The molecule has 0 unspecified atom stereocenters. The highest BCUT2D eigenvalue weighted by molar-refractivity contribution is 5.66. The minimum atomic E-state index is -0.0731. The molecule has 2 heterocycles. The zero-order valence-electron chi connectivity index (χ0n) is 9.37. The number of aromatic nitrogens is 2. The third-order valence-electron chi connectivity index (χ3n) is 3.00. The maximum atomic E-state index is 9.08. The average molecular weight is 227 g/mol. The first kappa shape index (κ1) is 10.2. The molecule has 0 spiro atoms. The second-order valence-electron chi connectivity index (χ2n) is 4.06. The van der Waals surface area contributed by atoms with Crippen molar-refractivity contribution in [1.29, 1.82) is 0 Å². The maximum Gasteiger partial charge on any atom is 0.151 e. The maximum absolute atomic E-state index is 9.08. The molecule has 4 heteroatoms. The standard InChI is InChI=1S/C13H13N3O/c17-9-11-7-14-8-13(15-11)16-6-5-10-3-1-2-4-12(10)16/h1-4,7-8,17H,5-6,9H2. The summed E-state index contributed by atoms with van der Waals surface area (Å²) < 4.78 is 0. The summed E-state index contributed by atoms with van der Waals surface area (Å²) in [4.78, 5) is 10.6. The molecule has 0 amide bonds. The molecule has 17 heavy (non-hydrogen) atoms. The molecule has 0 radical (unpaired) electrons. The third kappa shape index (κ3) is 1.76. The molecule has 4 nitrogen and oxygen atoms in total. The number of aliphatic hydroxyl groups is 1. The monoisotopic (exact) mass is 227 g/mol. The lowest BCUT2D eigenvalue weighted by Crippen LogP contribution is -2.15. The molecule has 1 aliphatic rings. The highest BCUT2D eigenvalue weighted by atomic mass is 16.3. The van der Waals surface area contributed by atoms with Crippen molar-refractivity contribution in [2.75, 3.05) is 11.4 Å². The van der Waals surface area contributed by atoms with Crippen LogP contribution in [0.1, 0.15) is 11.3 Å². The quantitative estimate of drug-likeness (QED) is 0.847. The zero-order chi connectivity index (χ0) is 11.7. The Morgan fingerprint density at radius 1 is 1.24 bits per heavy atom. The average Bonchev–Trinajstić information content (AvgIpc) is 2.82. The Morgan fingerprint density at radius 3 is 3.00 bits per heavy atom. The number of anilines is 2. The topological polar surface area (TPSA) is 49.3 Å². The highest BCUT2D eigenvalue weighted by Crippen LogP contribution is 2.32. The fourth-order valence-electron chi connectivity index (χ4n) is 2.18. The molecule has 86 valence electrons. The van der Waals surface area contributed by atoms with E-state index in [0.29, 0.717) is 5.69 Å². The Hall–Kier alpha value is -1.94. The van der Waals surface area contributed by atoms with Gasteiger partial charge in [-0.2, -0.15) is 0 Å². The molecule has 0 fully saturated rings. The Labute approximate surface area is 99.6 Å². The second-order valence-corrected chi connectivity index (χ2v) is 4.06. The largest absolute Gasteiger partial charge is 0.390 e. The van der Waals surface area contributed by atoms with Gasteiger partial charge >= 0.3 is 0 Å². The van der Waals surface area contributed by atoms with E-state index in [4.69, 9.17) is 5.11 Å². The van der Waals surface area contributed by atoms with Crippen molar-refractivity contribution in [1.82, 2.24) is 9.97 Å². The molecule has 1 aliphatic heterocycles. The van der Waals surface area contributed by atoms with E-state index < -0.39 is 0 Å². The van der Waals surface area contributed by atoms with E-state index in [1.165, 1.54) is 11.3 Å². The second kappa shape index (κ2) is 4.14. The van der Waals surface area contributed by atoms with Gasteiger partial charge in [0.1, 0.15) is 0 Å². The van der Waals surface area contributed by atoms with Crippen molar-refractivity contribution >= 4 is 11.5 Å². The van der Waals surface area contributed by atoms with Crippen LogP contribution in [-0.2, 0) is 13.0 Å². The lowest BCUT2D eigenvalue weighted by atomic mass is 10.2. The van der Waals surface area contributed by atoms with Gasteiger partial charge < -0.3 is 10.0 Å². The van der Waals surface area contributed by atoms with Gasteiger partial charge in [-0.25, -0.2) is 4.98 Å². The SMILES string of the molecule is OCc1cncc(N2CCc3ccccc32)n1. The van der Waals surface area contributed by atoms with Crippen LogP contribution in [0, 0.1) is 0 Å². The van der Waals surface area contributed by atoms with E-state index in [9.17, 15) is 0 Å². The minimum absolute atomic E-state index is 0.0731. The lowest BCUT2D eigenvalue weighted by molar-refractivity contribution is 0.276. The van der Waals surface area contributed by atoms with Gasteiger partial charge in [-0.3, -0.25) is 4.98 Å². The predicted octanol–water partition coefficient (Wildman–Crippen LogP) is 1.66. The van der Waals surface area contributed by atoms with Crippen molar-refractivity contribution < 1.29 is 5.11 Å². The summed E-state index contributed by atoms with van der Waals surface area (Å²) in [6.45, 7) is 0.846. The van der Waals surface area contributed by atoms with Gasteiger partial charge in [0.15, 0.2) is 5.82 Å². The first-order valence-electron chi connectivity index (χ1n) is 5.66. The fourth-order valence-corrected chi connectivity index (χ4v) is 2.18. The van der Waals surface area contributed by atoms with Crippen LogP contribution in [0.25, 0.3) is 0 Å². The van der Waals surface area contributed by atoms with Gasteiger partial charge in [0.25, 0.3) is 0 Å². The van der Waals surface area contributed by atoms with Gasteiger partial charge in [0, 0.05) is 12.2 Å².